The lowest BCUT2D eigenvalue weighted by molar-refractivity contribution is -0.384. The van der Waals surface area contributed by atoms with Crippen molar-refractivity contribution in [2.45, 2.75) is 61.5 Å². The molecule has 0 bridgehead atoms. The maximum atomic E-state index is 13.5. The van der Waals surface area contributed by atoms with Gasteiger partial charge < -0.3 is 32.1 Å². The fourth-order valence-electron chi connectivity index (χ4n) is 4.00. The molecule has 5 amide bonds. The average Bonchev–Trinajstić information content (AvgIpc) is 3.02. The number of hydrogen-bond acceptors (Lipinski definition) is 12. The summed E-state index contributed by atoms with van der Waals surface area (Å²) in [5.41, 5.74) is 6.95. The van der Waals surface area contributed by atoms with Gasteiger partial charge in [-0.25, -0.2) is 0 Å². The number of rotatable bonds is 15. The molecule has 1 aliphatic heterocycles. The number of hydrogen-bond donors (Lipinski definition) is 7. The number of unbranched alkanes of at least 4 members (excludes halogenated alkanes) is 1. The minimum absolute atomic E-state index is 0.0339. The van der Waals surface area contributed by atoms with Crippen LogP contribution in [0.3, 0.4) is 0 Å². The monoisotopic (exact) mass is 675 g/mol. The van der Waals surface area contributed by atoms with E-state index in [0.29, 0.717) is 12.8 Å². The number of nitro groups is 1. The summed E-state index contributed by atoms with van der Waals surface area (Å²) in [6.07, 6.45) is 6.69. The van der Waals surface area contributed by atoms with Crippen LogP contribution in [0.15, 0.2) is 23.1 Å². The lowest BCUT2D eigenvalue weighted by atomic mass is 10.1. The number of thioether (sulfide) groups is 1. The number of amides is 5. The molecule has 0 radical (unpaired) electrons. The number of terminal acetylenes is 1. The van der Waals surface area contributed by atoms with Crippen molar-refractivity contribution >= 4 is 53.0 Å². The average molecular weight is 676 g/mol. The molecule has 3 atom stereocenters. The van der Waals surface area contributed by atoms with Crippen LogP contribution < -0.4 is 32.5 Å². The lowest BCUT2D eigenvalue weighted by Crippen LogP contribution is -2.57. The zero-order valence-corrected chi connectivity index (χ0v) is 25.7. The van der Waals surface area contributed by atoms with Gasteiger partial charge in [-0.1, -0.05) is 4.99 Å². The number of nitrogens with zero attached hydrogens (tertiary/aromatic N) is 1. The Labute approximate surface area is 272 Å². The molecule has 0 saturated carbocycles. The van der Waals surface area contributed by atoms with Gasteiger partial charge in [0.25, 0.3) is 11.6 Å². The first-order valence-electron chi connectivity index (χ1n) is 14.0. The summed E-state index contributed by atoms with van der Waals surface area (Å²) >= 11 is 0.922. The van der Waals surface area contributed by atoms with Gasteiger partial charge in [-0.3, -0.25) is 43.8 Å². The number of carbonyl (C=O) groups is 6. The quantitative estimate of drug-likeness (QED) is 0.0381. The van der Waals surface area contributed by atoms with Gasteiger partial charge in [0, 0.05) is 54.6 Å². The zero-order chi connectivity index (χ0) is 34.8. The highest BCUT2D eigenvalue weighted by Gasteiger charge is 2.32. The summed E-state index contributed by atoms with van der Waals surface area (Å²) in [5.74, 6) is -1.20. The number of non-ortho nitro benzene ring substituents is 1. The van der Waals surface area contributed by atoms with E-state index in [2.05, 4.69) is 48.7 Å². The fraction of sp³-hybridized carbons (Fsp3) is 0.429. The first-order valence-corrected chi connectivity index (χ1v) is 15.0. The Hall–Kier alpha value is -5.37. The molecular weight excluding hydrogens is 642 g/mol. The van der Waals surface area contributed by atoms with Gasteiger partial charge in [0.15, 0.2) is 6.11 Å². The number of primary amides is 1. The number of hydroxylamine groups is 1. The number of aliphatic carboxylic acids is 1. The van der Waals surface area contributed by atoms with Gasteiger partial charge in [0.1, 0.15) is 18.1 Å². The highest BCUT2D eigenvalue weighted by atomic mass is 32.2. The van der Waals surface area contributed by atoms with E-state index in [9.17, 15) is 44.0 Å². The molecule has 2 rings (SSSR count). The van der Waals surface area contributed by atoms with Gasteiger partial charge in [0.05, 0.1) is 10.5 Å². The maximum Gasteiger partial charge on any atom is 0.303 e. The van der Waals surface area contributed by atoms with Gasteiger partial charge in [-0.15, -0.1) is 18.2 Å². The number of carboxylic acid groups (broad SMARTS) is 1. The molecule has 252 valence electrons. The smallest absolute Gasteiger partial charge is 0.303 e. The Kier molecular flexibility index (Phi) is 16.0. The van der Waals surface area contributed by atoms with Crippen molar-refractivity contribution in [1.82, 2.24) is 26.7 Å². The molecule has 1 aliphatic rings. The predicted octanol–water partition coefficient (Wildman–Crippen LogP) is -1.16. The van der Waals surface area contributed by atoms with Crippen LogP contribution in [0.1, 0.15) is 48.9 Å². The normalized spacial score (nSPS) is 18.0. The second-order valence-corrected chi connectivity index (χ2v) is 10.8. The first kappa shape index (κ1) is 37.8. The van der Waals surface area contributed by atoms with E-state index in [1.165, 1.54) is 6.07 Å². The number of carboxylic acids is 1. The van der Waals surface area contributed by atoms with Crippen molar-refractivity contribution in [3.63, 3.8) is 0 Å². The van der Waals surface area contributed by atoms with Crippen molar-refractivity contribution in [3.05, 3.63) is 33.9 Å². The van der Waals surface area contributed by atoms with Crippen molar-refractivity contribution < 1.29 is 48.7 Å². The molecule has 19 heteroatoms. The van der Waals surface area contributed by atoms with E-state index in [1.807, 2.05) is 5.92 Å². The van der Waals surface area contributed by atoms with Gasteiger partial charge in [-0.2, -0.15) is 5.48 Å². The summed E-state index contributed by atoms with van der Waals surface area (Å²) in [4.78, 5) is 95.7. The molecule has 47 heavy (non-hydrogen) atoms. The lowest BCUT2D eigenvalue weighted by Gasteiger charge is -2.24. The van der Waals surface area contributed by atoms with E-state index in [0.717, 1.165) is 23.9 Å². The molecule has 1 aromatic carbocycles. The van der Waals surface area contributed by atoms with Crippen LogP contribution in [0.4, 0.5) is 5.69 Å². The van der Waals surface area contributed by atoms with Crippen molar-refractivity contribution in [3.8, 4) is 24.4 Å². The highest BCUT2D eigenvalue weighted by Crippen LogP contribution is 2.28. The Morgan fingerprint density at radius 2 is 1.81 bits per heavy atom. The fourth-order valence-corrected chi connectivity index (χ4v) is 5.05. The Morgan fingerprint density at radius 3 is 2.49 bits per heavy atom. The number of carbonyl (C=O) groups excluding carboxylic acids is 5. The van der Waals surface area contributed by atoms with Crippen LogP contribution in [0.5, 0.6) is 0 Å². The number of nitrogens with one attached hydrogen (secondary N) is 5. The van der Waals surface area contributed by atoms with Crippen LogP contribution in [0, 0.1) is 34.5 Å². The maximum absolute atomic E-state index is 13.5. The SMILES string of the molecule is C#CC#COONCCCCC1NC(=O)[C@H](CCC(=O)O)NC(=O)c2cc([N+](=O)[O-])ccc2SC[C@@H](C(=O)NCCC(N)=O)NC1=O. The van der Waals surface area contributed by atoms with Gasteiger partial charge in [-0.05, 0) is 37.7 Å². The summed E-state index contributed by atoms with van der Waals surface area (Å²) in [6.45, 7) is 0.0954. The van der Waals surface area contributed by atoms with Crippen LogP contribution in [0.25, 0.3) is 0 Å². The first-order chi connectivity index (χ1) is 22.4. The Morgan fingerprint density at radius 1 is 1.09 bits per heavy atom. The van der Waals surface area contributed by atoms with Gasteiger partial charge in [0.2, 0.25) is 23.6 Å². The van der Waals surface area contributed by atoms with Gasteiger partial charge >= 0.3 is 5.97 Å². The van der Waals surface area contributed by atoms with E-state index in [-0.39, 0.29) is 48.6 Å². The topological polar surface area (TPSA) is 270 Å². The van der Waals surface area contributed by atoms with E-state index >= 15 is 0 Å². The molecule has 0 saturated heterocycles. The predicted molar refractivity (Wildman–Crippen MR) is 163 cm³/mol. The summed E-state index contributed by atoms with van der Waals surface area (Å²) < 4.78 is 0. The molecule has 1 heterocycles. The molecule has 1 aromatic rings. The summed E-state index contributed by atoms with van der Waals surface area (Å²) in [7, 11) is 0. The minimum Gasteiger partial charge on any atom is -0.481 e. The van der Waals surface area contributed by atoms with Crippen LogP contribution >= 0.6 is 11.8 Å². The van der Waals surface area contributed by atoms with Crippen LogP contribution in [-0.4, -0.2) is 82.5 Å². The molecule has 18 nitrogen and oxygen atoms in total. The molecule has 1 unspecified atom stereocenters. The third kappa shape index (κ3) is 13.7. The van der Waals surface area contributed by atoms with Crippen molar-refractivity contribution in [2.24, 2.45) is 5.73 Å². The number of benzene rings is 1. The number of nitro benzene ring substituents is 1. The standard InChI is InChI=1S/C28H33N7O11S/c1-2-3-14-45-46-31-12-5-4-6-19-27(41)34-21(26(40)30-13-11-23(29)36)16-47-22-9-7-17(35(43)44)15-18(22)25(39)32-20(28(42)33-19)8-10-24(37)38/h1,7,9,15,19-21,31H,4-6,8,10-13,16H2,(H2,29,36)(H,30,40)(H,32,39)(H,33,42)(H,34,41)(H,37,38)/t19?,20-,21-/m0/s1. The van der Waals surface area contributed by atoms with E-state index < -0.39 is 70.7 Å². The van der Waals surface area contributed by atoms with Crippen molar-refractivity contribution in [1.29, 1.82) is 0 Å². The molecule has 0 fully saturated rings. The van der Waals surface area contributed by atoms with Crippen LogP contribution in [0.2, 0.25) is 0 Å². The zero-order valence-electron chi connectivity index (χ0n) is 24.9. The second kappa shape index (κ2) is 19.9. The summed E-state index contributed by atoms with van der Waals surface area (Å²) in [5, 5.41) is 30.7. The highest BCUT2D eigenvalue weighted by molar-refractivity contribution is 7.99. The Bertz CT molecular complexity index is 1450. The van der Waals surface area contributed by atoms with Crippen LogP contribution in [-0.2, 0) is 33.8 Å². The minimum atomic E-state index is -1.45. The molecule has 0 aliphatic carbocycles. The van der Waals surface area contributed by atoms with Crippen molar-refractivity contribution in [2.75, 3.05) is 18.8 Å². The molecule has 8 N–H and O–H groups in total. The summed E-state index contributed by atoms with van der Waals surface area (Å²) in [6, 6.07) is -0.556. The second-order valence-electron chi connectivity index (χ2n) is 9.76. The Balaban J connectivity index is 2.38. The number of fused-ring (bicyclic) bond motifs is 1. The van der Waals surface area contributed by atoms with E-state index in [1.54, 1.807) is 0 Å². The largest absolute Gasteiger partial charge is 0.481 e. The molecular formula is C28H33N7O11S. The molecule has 0 spiro atoms. The third-order valence-corrected chi connectivity index (χ3v) is 7.48. The number of nitrogens with two attached hydrogens (primary N) is 1. The third-order valence-electron chi connectivity index (χ3n) is 6.32. The van der Waals surface area contributed by atoms with E-state index in [4.69, 9.17) is 12.2 Å². The molecule has 0 aromatic heterocycles.